The first kappa shape index (κ1) is 21.6. The van der Waals surface area contributed by atoms with Crippen LogP contribution < -0.4 is 0 Å². The average Bonchev–Trinajstić information content (AvgIpc) is 3.26. The third-order valence-electron chi connectivity index (χ3n) is 8.53. The minimum atomic E-state index is -0.360. The fourth-order valence-electron chi connectivity index (χ4n) is 7.16. The van der Waals surface area contributed by atoms with E-state index in [1.54, 1.807) is 11.3 Å². The monoisotopic (exact) mass is 468 g/mol. The molecule has 4 aromatic carbocycles. The molecule has 0 amide bonds. The van der Waals surface area contributed by atoms with Gasteiger partial charge >= 0.3 is 0 Å². The molecule has 36 heavy (non-hydrogen) atoms. The minimum absolute atomic E-state index is 0.360. The smallest absolute Gasteiger partial charge is 0.0979 e. The van der Waals surface area contributed by atoms with E-state index in [4.69, 9.17) is 0 Å². The normalized spacial score (nSPS) is 17.8. The number of aryl methyl sites for hydroxylation is 2. The van der Waals surface area contributed by atoms with Crippen LogP contribution in [0.5, 0.6) is 0 Å². The maximum atomic E-state index is 2.84. The Morgan fingerprint density at radius 2 is 1.28 bits per heavy atom. The Hall–Kier alpha value is -3.62. The number of nitrogens with zero attached hydrogens (tertiary/aromatic N) is 2. The van der Waals surface area contributed by atoms with Gasteiger partial charge in [-0.05, 0) is 60.6 Å². The summed E-state index contributed by atoms with van der Waals surface area (Å²) in [6, 6.07) is 41.0. The van der Waals surface area contributed by atoms with Gasteiger partial charge in [0.15, 0.2) is 0 Å². The lowest BCUT2D eigenvalue weighted by Crippen LogP contribution is -2.54. The number of aromatic nitrogens is 1. The van der Waals surface area contributed by atoms with Crippen LogP contribution in [0.15, 0.2) is 109 Å². The number of benzene rings is 4. The number of fused-ring (bicyclic) bond motifs is 3. The molecule has 2 aliphatic rings. The Balaban J connectivity index is 1.53. The van der Waals surface area contributed by atoms with Crippen molar-refractivity contribution in [2.24, 2.45) is 0 Å². The van der Waals surface area contributed by atoms with E-state index in [-0.39, 0.29) is 5.54 Å². The molecule has 2 nitrogen and oxygen atoms in total. The molecular formula is C34H32N2. The fourth-order valence-corrected chi connectivity index (χ4v) is 7.16. The Morgan fingerprint density at radius 1 is 0.694 bits per heavy atom. The van der Waals surface area contributed by atoms with E-state index in [9.17, 15) is 0 Å². The summed E-state index contributed by atoms with van der Waals surface area (Å²) in [5, 5.41) is 1.47. The number of rotatable bonds is 4. The van der Waals surface area contributed by atoms with Crippen LogP contribution in [0.2, 0.25) is 0 Å². The Labute approximate surface area is 213 Å². The zero-order valence-corrected chi connectivity index (χ0v) is 20.9. The SMILES string of the molecule is Cc1ccc2c(c1)c1c3n2CCN(C(c2ccccc2)(c2ccccc2)c2ccccc2)[C@H]3CCC1. The molecule has 0 radical (unpaired) electrons. The van der Waals surface area contributed by atoms with E-state index in [1.807, 2.05) is 0 Å². The molecule has 7 rings (SSSR count). The molecule has 1 aliphatic carbocycles. The van der Waals surface area contributed by atoms with Crippen molar-refractivity contribution in [2.75, 3.05) is 6.54 Å². The van der Waals surface area contributed by atoms with Crippen LogP contribution in [0, 0.1) is 6.92 Å². The summed E-state index contributed by atoms with van der Waals surface area (Å²) < 4.78 is 2.65. The van der Waals surface area contributed by atoms with Crippen molar-refractivity contribution in [3.8, 4) is 0 Å². The Morgan fingerprint density at radius 3 is 1.86 bits per heavy atom. The molecule has 2 heterocycles. The second-order valence-corrected chi connectivity index (χ2v) is 10.4. The molecule has 1 aliphatic heterocycles. The average molecular weight is 469 g/mol. The maximum absolute atomic E-state index is 2.84. The summed E-state index contributed by atoms with van der Waals surface area (Å²) in [4.78, 5) is 2.84. The first-order valence-electron chi connectivity index (χ1n) is 13.3. The van der Waals surface area contributed by atoms with E-state index in [2.05, 4.69) is 126 Å². The Kier molecular flexibility index (Phi) is 5.11. The summed E-state index contributed by atoms with van der Waals surface area (Å²) >= 11 is 0. The summed E-state index contributed by atoms with van der Waals surface area (Å²) in [6.07, 6.45) is 3.61. The molecule has 0 N–H and O–H groups in total. The van der Waals surface area contributed by atoms with Gasteiger partial charge in [0.25, 0.3) is 0 Å². The minimum Gasteiger partial charge on any atom is -0.342 e. The second-order valence-electron chi connectivity index (χ2n) is 10.4. The molecule has 0 bridgehead atoms. The number of hydrogen-bond donors (Lipinski definition) is 0. The van der Waals surface area contributed by atoms with Crippen molar-refractivity contribution in [1.29, 1.82) is 0 Å². The lowest BCUT2D eigenvalue weighted by Gasteiger charge is -2.52. The van der Waals surface area contributed by atoms with Gasteiger partial charge in [0.05, 0.1) is 11.6 Å². The molecule has 1 aromatic heterocycles. The highest BCUT2D eigenvalue weighted by Crippen LogP contribution is 2.51. The highest BCUT2D eigenvalue weighted by atomic mass is 15.3. The largest absolute Gasteiger partial charge is 0.342 e. The lowest BCUT2D eigenvalue weighted by atomic mass is 9.73. The molecule has 0 unspecified atom stereocenters. The molecule has 1 atom stereocenters. The van der Waals surface area contributed by atoms with E-state index < -0.39 is 0 Å². The first-order valence-corrected chi connectivity index (χ1v) is 13.3. The summed E-state index contributed by atoms with van der Waals surface area (Å²) in [5.74, 6) is 0. The van der Waals surface area contributed by atoms with Crippen molar-refractivity contribution in [3.05, 3.63) is 143 Å². The van der Waals surface area contributed by atoms with Crippen molar-refractivity contribution in [1.82, 2.24) is 9.47 Å². The van der Waals surface area contributed by atoms with Gasteiger partial charge < -0.3 is 4.57 Å². The predicted molar refractivity (Wildman–Crippen MR) is 148 cm³/mol. The van der Waals surface area contributed by atoms with E-state index in [1.165, 1.54) is 52.4 Å². The lowest BCUT2D eigenvalue weighted by molar-refractivity contribution is 0.0597. The Bertz CT molecular complexity index is 1420. The molecule has 2 heteroatoms. The van der Waals surface area contributed by atoms with Crippen LogP contribution in [0.4, 0.5) is 0 Å². The first-order chi connectivity index (χ1) is 17.8. The maximum Gasteiger partial charge on any atom is 0.0979 e. The fraction of sp³-hybridized carbons (Fsp3) is 0.235. The van der Waals surface area contributed by atoms with E-state index in [0.29, 0.717) is 6.04 Å². The van der Waals surface area contributed by atoms with Crippen LogP contribution in [-0.4, -0.2) is 16.0 Å². The second kappa shape index (κ2) is 8.50. The van der Waals surface area contributed by atoms with Crippen LogP contribution >= 0.6 is 0 Å². The molecule has 5 aromatic rings. The van der Waals surface area contributed by atoms with Crippen LogP contribution in [-0.2, 0) is 18.5 Å². The standard InChI is InChI=1S/C34H32N2/c1-25-20-21-31-30(24-25)29-18-11-19-32-33(29)35(31)22-23-36(32)34(26-12-5-2-6-13-26,27-14-7-3-8-15-27)28-16-9-4-10-17-28/h2-10,12-17,20-21,24,32H,11,18-19,22-23H2,1H3/t32-/m0/s1. The van der Waals surface area contributed by atoms with Gasteiger partial charge in [-0.25, -0.2) is 0 Å². The molecular weight excluding hydrogens is 436 g/mol. The van der Waals surface area contributed by atoms with Gasteiger partial charge in [0.2, 0.25) is 0 Å². The summed E-state index contributed by atoms with van der Waals surface area (Å²) in [7, 11) is 0. The zero-order chi connectivity index (χ0) is 24.1. The van der Waals surface area contributed by atoms with Crippen molar-refractivity contribution in [2.45, 2.75) is 44.3 Å². The topological polar surface area (TPSA) is 8.17 Å². The van der Waals surface area contributed by atoms with Gasteiger partial charge in [0.1, 0.15) is 0 Å². The highest BCUT2D eigenvalue weighted by Gasteiger charge is 2.48. The highest BCUT2D eigenvalue weighted by molar-refractivity contribution is 5.87. The van der Waals surface area contributed by atoms with Gasteiger partial charge in [-0.2, -0.15) is 0 Å². The molecule has 0 fully saturated rings. The molecule has 0 spiro atoms. The molecule has 0 saturated heterocycles. The molecule has 178 valence electrons. The van der Waals surface area contributed by atoms with E-state index >= 15 is 0 Å². The molecule has 0 saturated carbocycles. The quantitative estimate of drug-likeness (QED) is 0.246. The third kappa shape index (κ3) is 3.07. The van der Waals surface area contributed by atoms with Crippen LogP contribution in [0.3, 0.4) is 0 Å². The zero-order valence-electron chi connectivity index (χ0n) is 20.9. The van der Waals surface area contributed by atoms with Crippen molar-refractivity contribution in [3.63, 3.8) is 0 Å². The van der Waals surface area contributed by atoms with Gasteiger partial charge in [-0.15, -0.1) is 0 Å². The van der Waals surface area contributed by atoms with Gasteiger partial charge in [-0.1, -0.05) is 103 Å². The van der Waals surface area contributed by atoms with Crippen molar-refractivity contribution >= 4 is 10.9 Å². The predicted octanol–water partition coefficient (Wildman–Crippen LogP) is 7.63. The van der Waals surface area contributed by atoms with Crippen LogP contribution in [0.1, 0.15) is 52.4 Å². The van der Waals surface area contributed by atoms with Gasteiger partial charge in [0, 0.05) is 29.7 Å². The third-order valence-corrected chi connectivity index (χ3v) is 8.53. The van der Waals surface area contributed by atoms with E-state index in [0.717, 1.165) is 13.1 Å². The van der Waals surface area contributed by atoms with Crippen LogP contribution in [0.25, 0.3) is 10.9 Å². The van der Waals surface area contributed by atoms with Crippen molar-refractivity contribution < 1.29 is 0 Å². The van der Waals surface area contributed by atoms with Gasteiger partial charge in [-0.3, -0.25) is 4.90 Å². The number of hydrogen-bond acceptors (Lipinski definition) is 1. The summed E-state index contributed by atoms with van der Waals surface area (Å²) in [6.45, 7) is 4.24. The summed E-state index contributed by atoms with van der Waals surface area (Å²) in [5.41, 5.74) is 9.58.